The van der Waals surface area contributed by atoms with Gasteiger partial charge in [0.15, 0.2) is 11.5 Å². The molecule has 0 heterocycles. The van der Waals surface area contributed by atoms with Crippen LogP contribution in [0.4, 0.5) is 5.69 Å². The number of anilines is 1. The van der Waals surface area contributed by atoms with Crippen LogP contribution in [0.5, 0.6) is 11.5 Å². The molecule has 0 fully saturated rings. The minimum absolute atomic E-state index is 0.00141. The molecule has 0 atom stereocenters. The SMILES string of the molecule is CCOc1cc(/C=N\NC(=O)CN(c2ccc(C(C)C)cc2)S(=O)(=O)c2ccc(C)cc2)ccc1O. The second-order valence-electron chi connectivity index (χ2n) is 8.52. The van der Waals surface area contributed by atoms with Crippen LogP contribution in [0.25, 0.3) is 0 Å². The number of phenolic OH excluding ortho intramolecular Hbond substituents is 1. The fourth-order valence-corrected chi connectivity index (χ4v) is 4.83. The van der Waals surface area contributed by atoms with Crippen LogP contribution < -0.4 is 14.5 Å². The first-order valence-corrected chi connectivity index (χ1v) is 13.0. The highest BCUT2D eigenvalue weighted by atomic mass is 32.2. The number of carbonyl (C=O) groups is 1. The quantitative estimate of drug-likeness (QED) is 0.307. The lowest BCUT2D eigenvalue weighted by Gasteiger charge is -2.24. The first-order chi connectivity index (χ1) is 17.1. The standard InChI is InChI=1S/C27H31N3O5S/c1-5-35-26-16-21(8-15-25(26)31)17-28-29-27(32)18-30(23-11-9-22(10-12-23)19(2)3)36(33,34)24-13-6-20(4)7-14-24/h6-17,19,31H,5,18H2,1-4H3,(H,29,32)/b28-17-. The number of ether oxygens (including phenoxy) is 1. The number of hydrogen-bond acceptors (Lipinski definition) is 6. The van der Waals surface area contributed by atoms with Crippen LogP contribution >= 0.6 is 0 Å². The van der Waals surface area contributed by atoms with Gasteiger partial charge in [-0.15, -0.1) is 0 Å². The number of sulfonamides is 1. The van der Waals surface area contributed by atoms with Crippen LogP contribution in [0.2, 0.25) is 0 Å². The first kappa shape index (κ1) is 26.7. The molecule has 190 valence electrons. The zero-order chi connectivity index (χ0) is 26.3. The molecule has 0 bridgehead atoms. The Hall–Kier alpha value is -3.85. The number of benzene rings is 3. The molecule has 0 saturated carbocycles. The summed E-state index contributed by atoms with van der Waals surface area (Å²) in [5.74, 6) is -0.0351. The lowest BCUT2D eigenvalue weighted by atomic mass is 10.0. The summed E-state index contributed by atoms with van der Waals surface area (Å²) in [5, 5.41) is 13.8. The van der Waals surface area contributed by atoms with E-state index >= 15 is 0 Å². The van der Waals surface area contributed by atoms with E-state index in [4.69, 9.17) is 4.74 Å². The minimum Gasteiger partial charge on any atom is -0.504 e. The predicted molar refractivity (Wildman–Crippen MR) is 141 cm³/mol. The maximum atomic E-state index is 13.5. The molecular weight excluding hydrogens is 478 g/mol. The van der Waals surface area contributed by atoms with E-state index in [1.54, 1.807) is 43.3 Å². The number of aryl methyl sites for hydroxylation is 1. The Morgan fingerprint density at radius 2 is 1.75 bits per heavy atom. The molecule has 9 heteroatoms. The van der Waals surface area contributed by atoms with Gasteiger partial charge in [-0.2, -0.15) is 5.10 Å². The number of phenols is 1. The molecule has 3 aromatic rings. The third-order valence-corrected chi connectivity index (χ3v) is 7.22. The summed E-state index contributed by atoms with van der Waals surface area (Å²) in [5.41, 5.74) is 5.33. The topological polar surface area (TPSA) is 108 Å². The molecule has 8 nitrogen and oxygen atoms in total. The summed E-state index contributed by atoms with van der Waals surface area (Å²) in [6.07, 6.45) is 1.39. The Morgan fingerprint density at radius 1 is 1.08 bits per heavy atom. The van der Waals surface area contributed by atoms with E-state index in [0.717, 1.165) is 15.4 Å². The minimum atomic E-state index is -4.02. The Morgan fingerprint density at radius 3 is 2.36 bits per heavy atom. The van der Waals surface area contributed by atoms with Gasteiger partial charge in [-0.1, -0.05) is 43.7 Å². The number of nitrogens with zero attached hydrogens (tertiary/aromatic N) is 2. The van der Waals surface area contributed by atoms with Crippen molar-refractivity contribution in [2.75, 3.05) is 17.5 Å². The summed E-state index contributed by atoms with van der Waals surface area (Å²) in [4.78, 5) is 12.8. The fourth-order valence-electron chi connectivity index (χ4n) is 3.40. The third kappa shape index (κ3) is 6.63. The number of rotatable bonds is 10. The maximum Gasteiger partial charge on any atom is 0.264 e. The van der Waals surface area contributed by atoms with Crippen LogP contribution in [0.1, 0.15) is 43.4 Å². The van der Waals surface area contributed by atoms with Crippen molar-refractivity contribution in [3.63, 3.8) is 0 Å². The average Bonchev–Trinajstić information content (AvgIpc) is 2.85. The molecule has 0 radical (unpaired) electrons. The Kier molecular flexibility index (Phi) is 8.71. The monoisotopic (exact) mass is 509 g/mol. The summed E-state index contributed by atoms with van der Waals surface area (Å²) < 4.78 is 33.4. The molecule has 36 heavy (non-hydrogen) atoms. The normalized spacial score (nSPS) is 11.6. The summed E-state index contributed by atoms with van der Waals surface area (Å²) in [6.45, 7) is 7.69. The van der Waals surface area contributed by atoms with Gasteiger partial charge in [-0.25, -0.2) is 13.8 Å². The highest BCUT2D eigenvalue weighted by molar-refractivity contribution is 7.92. The Labute approximate surface area is 212 Å². The van der Waals surface area contributed by atoms with Crippen LogP contribution in [-0.4, -0.2) is 38.8 Å². The second-order valence-corrected chi connectivity index (χ2v) is 10.4. The van der Waals surface area contributed by atoms with Crippen molar-refractivity contribution in [3.05, 3.63) is 83.4 Å². The van der Waals surface area contributed by atoms with Crippen LogP contribution in [-0.2, 0) is 14.8 Å². The molecule has 0 unspecified atom stereocenters. The zero-order valence-corrected chi connectivity index (χ0v) is 21.6. The van der Waals surface area contributed by atoms with Crippen LogP contribution in [0.15, 0.2) is 76.7 Å². The van der Waals surface area contributed by atoms with Crippen molar-refractivity contribution in [2.24, 2.45) is 5.10 Å². The lowest BCUT2D eigenvalue weighted by Crippen LogP contribution is -2.39. The highest BCUT2D eigenvalue weighted by Crippen LogP contribution is 2.27. The second kappa shape index (κ2) is 11.7. The van der Waals surface area contributed by atoms with E-state index < -0.39 is 22.5 Å². The van der Waals surface area contributed by atoms with E-state index in [1.165, 1.54) is 24.4 Å². The molecular formula is C27H31N3O5S. The van der Waals surface area contributed by atoms with E-state index in [1.807, 2.05) is 32.9 Å². The van der Waals surface area contributed by atoms with E-state index in [-0.39, 0.29) is 16.6 Å². The average molecular weight is 510 g/mol. The van der Waals surface area contributed by atoms with Gasteiger partial charge in [-0.3, -0.25) is 9.10 Å². The van der Waals surface area contributed by atoms with Gasteiger partial charge in [-0.05, 0) is 73.4 Å². The number of hydrogen-bond donors (Lipinski definition) is 2. The zero-order valence-electron chi connectivity index (χ0n) is 20.8. The van der Waals surface area contributed by atoms with Crippen molar-refractivity contribution in [1.29, 1.82) is 0 Å². The van der Waals surface area contributed by atoms with Gasteiger partial charge in [0.05, 0.1) is 23.4 Å². The van der Waals surface area contributed by atoms with Gasteiger partial charge >= 0.3 is 0 Å². The number of aromatic hydroxyl groups is 1. The summed E-state index contributed by atoms with van der Waals surface area (Å²) >= 11 is 0. The molecule has 0 saturated heterocycles. The van der Waals surface area contributed by atoms with Crippen molar-refractivity contribution < 1.29 is 23.1 Å². The smallest absolute Gasteiger partial charge is 0.264 e. The van der Waals surface area contributed by atoms with Gasteiger partial charge in [0.25, 0.3) is 15.9 Å². The number of nitrogens with one attached hydrogen (secondary N) is 1. The molecule has 0 aliphatic rings. The van der Waals surface area contributed by atoms with Gasteiger partial charge in [0.1, 0.15) is 6.54 Å². The van der Waals surface area contributed by atoms with Crippen molar-refractivity contribution in [1.82, 2.24) is 5.43 Å². The molecule has 0 aliphatic carbocycles. The predicted octanol–water partition coefficient (Wildman–Crippen LogP) is 4.57. The molecule has 3 rings (SSSR count). The maximum absolute atomic E-state index is 13.5. The summed E-state index contributed by atoms with van der Waals surface area (Å²) in [7, 11) is -4.02. The third-order valence-electron chi connectivity index (χ3n) is 5.43. The van der Waals surface area contributed by atoms with E-state index in [0.29, 0.717) is 23.6 Å². The first-order valence-electron chi connectivity index (χ1n) is 11.6. The van der Waals surface area contributed by atoms with E-state index in [2.05, 4.69) is 10.5 Å². The molecule has 0 spiro atoms. The van der Waals surface area contributed by atoms with E-state index in [9.17, 15) is 18.3 Å². The molecule has 0 aliphatic heterocycles. The molecule has 3 aromatic carbocycles. The molecule has 2 N–H and O–H groups in total. The van der Waals surface area contributed by atoms with Gasteiger partial charge in [0.2, 0.25) is 0 Å². The van der Waals surface area contributed by atoms with Crippen molar-refractivity contribution in [3.8, 4) is 11.5 Å². The van der Waals surface area contributed by atoms with Gasteiger partial charge < -0.3 is 9.84 Å². The van der Waals surface area contributed by atoms with Crippen molar-refractivity contribution in [2.45, 2.75) is 38.5 Å². The number of carbonyl (C=O) groups excluding carboxylic acids is 1. The fraction of sp³-hybridized carbons (Fsp3) is 0.259. The van der Waals surface area contributed by atoms with Crippen molar-refractivity contribution >= 4 is 27.8 Å². The largest absolute Gasteiger partial charge is 0.504 e. The van der Waals surface area contributed by atoms with Gasteiger partial charge in [0, 0.05) is 0 Å². The number of hydrazone groups is 1. The Balaban J connectivity index is 1.83. The highest BCUT2D eigenvalue weighted by Gasteiger charge is 2.27. The molecule has 0 aromatic heterocycles. The Bertz CT molecular complexity index is 1320. The number of amides is 1. The van der Waals surface area contributed by atoms with Crippen LogP contribution in [0, 0.1) is 6.92 Å². The molecule has 1 amide bonds. The summed E-state index contributed by atoms with van der Waals surface area (Å²) in [6, 6.07) is 18.2. The lowest BCUT2D eigenvalue weighted by molar-refractivity contribution is -0.119. The van der Waals surface area contributed by atoms with Crippen LogP contribution in [0.3, 0.4) is 0 Å².